The van der Waals surface area contributed by atoms with Crippen LogP contribution in [0.1, 0.15) is 71.6 Å². The summed E-state index contributed by atoms with van der Waals surface area (Å²) in [6, 6.07) is 0.798. The minimum Gasteiger partial charge on any atom is -0.393 e. The van der Waals surface area contributed by atoms with Crippen molar-refractivity contribution in [3.8, 4) is 0 Å². The van der Waals surface area contributed by atoms with Crippen LogP contribution < -0.4 is 0 Å². The van der Waals surface area contributed by atoms with Crippen LogP contribution >= 0.6 is 0 Å². The number of hydrogen-bond donors (Lipinski definition) is 1. The zero-order valence-electron chi connectivity index (χ0n) is 15.7. The monoisotopic (exact) mass is 319 g/mol. The normalized spacial score (nSPS) is 56.1. The Kier molecular flexibility index (Phi) is 3.89. The van der Waals surface area contributed by atoms with E-state index in [1.807, 2.05) is 0 Å². The van der Waals surface area contributed by atoms with Gasteiger partial charge in [-0.15, -0.1) is 0 Å². The zero-order valence-corrected chi connectivity index (χ0v) is 15.7. The van der Waals surface area contributed by atoms with Crippen LogP contribution in [-0.4, -0.2) is 36.2 Å². The van der Waals surface area contributed by atoms with E-state index in [0.29, 0.717) is 10.8 Å². The van der Waals surface area contributed by atoms with Gasteiger partial charge in [-0.25, -0.2) is 0 Å². The maximum Gasteiger partial charge on any atom is 0.0543 e. The predicted octanol–water partition coefficient (Wildman–Crippen LogP) is 4.32. The molecule has 0 radical (unpaired) electrons. The summed E-state index contributed by atoms with van der Waals surface area (Å²) in [5.74, 6) is 3.66. The van der Waals surface area contributed by atoms with Crippen LogP contribution in [-0.2, 0) is 0 Å². The van der Waals surface area contributed by atoms with Gasteiger partial charge in [0.05, 0.1) is 6.10 Å². The second-order valence-corrected chi connectivity index (χ2v) is 10.2. The van der Waals surface area contributed by atoms with E-state index in [2.05, 4.69) is 32.8 Å². The third-order valence-electron chi connectivity index (χ3n) is 9.21. The van der Waals surface area contributed by atoms with Gasteiger partial charge >= 0.3 is 0 Å². The van der Waals surface area contributed by atoms with E-state index in [-0.39, 0.29) is 6.10 Å². The molecule has 0 spiro atoms. The first kappa shape index (κ1) is 16.4. The second kappa shape index (κ2) is 5.46. The molecule has 0 aromatic carbocycles. The predicted molar refractivity (Wildman–Crippen MR) is 95.2 cm³/mol. The van der Waals surface area contributed by atoms with E-state index in [1.54, 1.807) is 0 Å². The molecule has 132 valence electrons. The van der Waals surface area contributed by atoms with Gasteiger partial charge in [0.2, 0.25) is 0 Å². The van der Waals surface area contributed by atoms with Gasteiger partial charge < -0.3 is 10.0 Å². The summed E-state index contributed by atoms with van der Waals surface area (Å²) in [6.07, 6.45) is 12.0. The quantitative estimate of drug-likeness (QED) is 0.778. The standard InChI is InChI=1S/C21H37NO/c1-20-11-9-15(23)13-14(20)5-6-16-17-7-8-19(22(3)4)21(17,2)12-10-18(16)20/h14-19,23H,5-13H2,1-4H3/t14-,15?,16?,17?,18?,19?,20-,21-/m0/s1. The van der Waals surface area contributed by atoms with Crippen LogP contribution in [0.5, 0.6) is 0 Å². The molecule has 4 aliphatic carbocycles. The number of aliphatic hydroxyl groups excluding tert-OH is 1. The average Bonchev–Trinajstić information content (AvgIpc) is 2.85. The molecule has 4 aliphatic rings. The minimum absolute atomic E-state index is 0.0110. The summed E-state index contributed by atoms with van der Waals surface area (Å²) in [6.45, 7) is 5.21. The molecule has 0 aromatic heterocycles. The van der Waals surface area contributed by atoms with Crippen LogP contribution in [0.2, 0.25) is 0 Å². The van der Waals surface area contributed by atoms with Crippen LogP contribution in [0, 0.1) is 34.5 Å². The fourth-order valence-corrected chi connectivity index (χ4v) is 8.06. The Bertz CT molecular complexity index is 463. The highest BCUT2D eigenvalue weighted by Gasteiger charge is 2.60. The number of aliphatic hydroxyl groups is 1. The van der Waals surface area contributed by atoms with Gasteiger partial charge in [-0.1, -0.05) is 13.8 Å². The van der Waals surface area contributed by atoms with Gasteiger partial charge in [-0.2, -0.15) is 0 Å². The smallest absolute Gasteiger partial charge is 0.0543 e. The second-order valence-electron chi connectivity index (χ2n) is 10.2. The highest BCUT2D eigenvalue weighted by molar-refractivity contribution is 5.10. The first-order chi connectivity index (χ1) is 10.9. The van der Waals surface area contributed by atoms with Crippen molar-refractivity contribution in [2.75, 3.05) is 14.1 Å². The van der Waals surface area contributed by atoms with Gasteiger partial charge in [0, 0.05) is 6.04 Å². The van der Waals surface area contributed by atoms with Crippen LogP contribution in [0.25, 0.3) is 0 Å². The van der Waals surface area contributed by atoms with E-state index in [1.165, 1.54) is 44.9 Å². The average molecular weight is 320 g/mol. The minimum atomic E-state index is -0.0110. The fraction of sp³-hybridized carbons (Fsp3) is 1.00. The molecule has 0 saturated heterocycles. The first-order valence-corrected chi connectivity index (χ1v) is 10.2. The number of hydrogen-bond acceptors (Lipinski definition) is 2. The lowest BCUT2D eigenvalue weighted by Gasteiger charge is -2.61. The van der Waals surface area contributed by atoms with Crippen molar-refractivity contribution in [3.05, 3.63) is 0 Å². The molecular weight excluding hydrogens is 282 g/mol. The summed E-state index contributed by atoms with van der Waals surface area (Å²) < 4.78 is 0. The Labute approximate surface area is 143 Å². The molecule has 4 rings (SSSR count). The maximum atomic E-state index is 10.1. The Hall–Kier alpha value is -0.0800. The molecule has 0 bridgehead atoms. The largest absolute Gasteiger partial charge is 0.393 e. The van der Waals surface area contributed by atoms with E-state index in [4.69, 9.17) is 0 Å². The fourth-order valence-electron chi connectivity index (χ4n) is 8.06. The lowest BCUT2D eigenvalue weighted by molar-refractivity contribution is -0.127. The van der Waals surface area contributed by atoms with Gasteiger partial charge in [-0.3, -0.25) is 0 Å². The molecule has 4 fully saturated rings. The maximum absolute atomic E-state index is 10.1. The van der Waals surface area contributed by atoms with Crippen molar-refractivity contribution in [1.29, 1.82) is 0 Å². The molecule has 8 atom stereocenters. The molecular formula is C21H37NO. The summed E-state index contributed by atoms with van der Waals surface area (Å²) in [5.41, 5.74) is 1.09. The van der Waals surface area contributed by atoms with Gasteiger partial charge in [0.15, 0.2) is 0 Å². The summed E-state index contributed by atoms with van der Waals surface area (Å²) in [4.78, 5) is 2.52. The Morgan fingerprint density at radius 2 is 1.52 bits per heavy atom. The third kappa shape index (κ3) is 2.27. The SMILES string of the molecule is CN(C)C1CCC2C3CC[C@H]4CC(O)CC[C@]4(C)C3CC[C@@]21C. The molecule has 4 saturated carbocycles. The Morgan fingerprint density at radius 3 is 2.26 bits per heavy atom. The summed E-state index contributed by atoms with van der Waals surface area (Å²) in [5, 5.41) is 10.1. The molecule has 23 heavy (non-hydrogen) atoms. The van der Waals surface area contributed by atoms with E-state index >= 15 is 0 Å². The number of nitrogens with zero attached hydrogens (tertiary/aromatic N) is 1. The molecule has 0 amide bonds. The van der Waals surface area contributed by atoms with E-state index in [9.17, 15) is 5.11 Å². The highest BCUT2D eigenvalue weighted by Crippen LogP contribution is 2.66. The van der Waals surface area contributed by atoms with Crippen molar-refractivity contribution >= 4 is 0 Å². The highest BCUT2D eigenvalue weighted by atomic mass is 16.3. The number of rotatable bonds is 1. The molecule has 0 aromatic rings. The molecule has 0 heterocycles. The van der Waals surface area contributed by atoms with Crippen molar-refractivity contribution in [3.63, 3.8) is 0 Å². The Morgan fingerprint density at radius 1 is 0.826 bits per heavy atom. The van der Waals surface area contributed by atoms with Crippen LogP contribution in [0.3, 0.4) is 0 Å². The molecule has 1 N–H and O–H groups in total. The van der Waals surface area contributed by atoms with Crippen molar-refractivity contribution in [2.24, 2.45) is 34.5 Å². The van der Waals surface area contributed by atoms with Crippen LogP contribution in [0.4, 0.5) is 0 Å². The van der Waals surface area contributed by atoms with Gasteiger partial charge in [-0.05, 0) is 106 Å². The molecule has 2 nitrogen and oxygen atoms in total. The van der Waals surface area contributed by atoms with Crippen molar-refractivity contribution in [1.82, 2.24) is 4.90 Å². The Balaban J connectivity index is 1.60. The van der Waals surface area contributed by atoms with Crippen molar-refractivity contribution < 1.29 is 5.11 Å². The molecule has 0 aliphatic heterocycles. The first-order valence-electron chi connectivity index (χ1n) is 10.2. The number of fused-ring (bicyclic) bond motifs is 5. The summed E-state index contributed by atoms with van der Waals surface area (Å²) >= 11 is 0. The lowest BCUT2D eigenvalue weighted by atomic mass is 9.45. The lowest BCUT2D eigenvalue weighted by Crippen LogP contribution is -2.55. The summed E-state index contributed by atoms with van der Waals surface area (Å²) in [7, 11) is 4.59. The topological polar surface area (TPSA) is 23.5 Å². The van der Waals surface area contributed by atoms with Gasteiger partial charge in [0.1, 0.15) is 0 Å². The van der Waals surface area contributed by atoms with Gasteiger partial charge in [0.25, 0.3) is 0 Å². The van der Waals surface area contributed by atoms with E-state index in [0.717, 1.165) is 42.6 Å². The van der Waals surface area contributed by atoms with Crippen LogP contribution in [0.15, 0.2) is 0 Å². The molecule has 2 heteroatoms. The third-order valence-corrected chi connectivity index (χ3v) is 9.21. The van der Waals surface area contributed by atoms with E-state index < -0.39 is 0 Å². The molecule has 5 unspecified atom stereocenters. The van der Waals surface area contributed by atoms with Crippen molar-refractivity contribution in [2.45, 2.75) is 83.8 Å². The zero-order chi connectivity index (χ0) is 16.4.